The van der Waals surface area contributed by atoms with Crippen molar-refractivity contribution in [1.29, 1.82) is 0 Å². The lowest BCUT2D eigenvalue weighted by atomic mass is 9.96. The average Bonchev–Trinajstić information content (AvgIpc) is 3.19. The maximum absolute atomic E-state index is 13.8. The lowest BCUT2D eigenvalue weighted by Gasteiger charge is -2.33. The van der Waals surface area contributed by atoms with Gasteiger partial charge in [-0.05, 0) is 43.7 Å². The summed E-state index contributed by atoms with van der Waals surface area (Å²) in [5.74, 6) is 0.217. The fraction of sp³-hybridized carbons (Fsp3) is 0.304. The van der Waals surface area contributed by atoms with Crippen LogP contribution in [-0.2, 0) is 0 Å². The standard InChI is InChI=1S/C23H23F3N4O2/c1-3-32-17-10-8-16(9-11-17)27-22(31)19-13-21-28-18(15-6-4-14(2)5-7-15)12-20(23(24,25)26)30(21)29-19/h4-11,13,18,20,28H,3,12H2,1-2H3,(H,27,31)/t18-,20+/m0/s1. The number of ether oxygens (including phenoxy) is 1. The molecule has 4 rings (SSSR count). The summed E-state index contributed by atoms with van der Waals surface area (Å²) in [5, 5.41) is 9.74. The monoisotopic (exact) mass is 444 g/mol. The molecule has 2 N–H and O–H groups in total. The highest BCUT2D eigenvalue weighted by Gasteiger charge is 2.46. The van der Waals surface area contributed by atoms with E-state index in [4.69, 9.17) is 4.74 Å². The molecular formula is C23H23F3N4O2. The molecule has 3 aromatic rings. The smallest absolute Gasteiger partial charge is 0.410 e. The van der Waals surface area contributed by atoms with Crippen LogP contribution in [0, 0.1) is 6.92 Å². The molecule has 0 radical (unpaired) electrons. The maximum Gasteiger partial charge on any atom is 0.410 e. The van der Waals surface area contributed by atoms with E-state index in [1.165, 1.54) is 6.07 Å². The van der Waals surface area contributed by atoms with E-state index in [2.05, 4.69) is 15.7 Å². The van der Waals surface area contributed by atoms with Crippen LogP contribution in [0.25, 0.3) is 0 Å². The molecule has 2 heterocycles. The summed E-state index contributed by atoms with van der Waals surface area (Å²) in [6.45, 7) is 4.30. The Kier molecular flexibility index (Phi) is 5.82. The first-order valence-corrected chi connectivity index (χ1v) is 10.3. The van der Waals surface area contributed by atoms with Crippen molar-refractivity contribution in [3.05, 3.63) is 71.4 Å². The quantitative estimate of drug-likeness (QED) is 0.545. The Morgan fingerprint density at radius 1 is 1.19 bits per heavy atom. The molecule has 2 atom stereocenters. The molecular weight excluding hydrogens is 421 g/mol. The van der Waals surface area contributed by atoms with E-state index in [9.17, 15) is 18.0 Å². The number of alkyl halides is 3. The molecule has 0 bridgehead atoms. The fourth-order valence-corrected chi connectivity index (χ4v) is 3.70. The average molecular weight is 444 g/mol. The molecule has 0 spiro atoms. The Morgan fingerprint density at radius 3 is 2.50 bits per heavy atom. The molecule has 6 nitrogen and oxygen atoms in total. The van der Waals surface area contributed by atoms with E-state index in [1.54, 1.807) is 24.3 Å². The van der Waals surface area contributed by atoms with Crippen molar-refractivity contribution in [2.45, 2.75) is 38.5 Å². The van der Waals surface area contributed by atoms with Crippen LogP contribution in [0.2, 0.25) is 0 Å². The summed E-state index contributed by atoms with van der Waals surface area (Å²) in [4.78, 5) is 12.7. The van der Waals surface area contributed by atoms with Crippen molar-refractivity contribution in [3.63, 3.8) is 0 Å². The number of aryl methyl sites for hydroxylation is 1. The molecule has 0 saturated carbocycles. The summed E-state index contributed by atoms with van der Waals surface area (Å²) in [6, 6.07) is 13.0. The van der Waals surface area contributed by atoms with Gasteiger partial charge in [0, 0.05) is 18.2 Å². The van der Waals surface area contributed by atoms with E-state index in [1.807, 2.05) is 38.1 Å². The second kappa shape index (κ2) is 8.57. The van der Waals surface area contributed by atoms with E-state index < -0.39 is 24.2 Å². The van der Waals surface area contributed by atoms with Gasteiger partial charge in [-0.1, -0.05) is 29.8 Å². The second-order valence-corrected chi connectivity index (χ2v) is 7.67. The van der Waals surface area contributed by atoms with Crippen LogP contribution in [-0.4, -0.2) is 28.5 Å². The van der Waals surface area contributed by atoms with Gasteiger partial charge in [-0.3, -0.25) is 4.79 Å². The van der Waals surface area contributed by atoms with E-state index in [-0.39, 0.29) is 17.9 Å². The predicted octanol–water partition coefficient (Wildman–Crippen LogP) is 5.50. The van der Waals surface area contributed by atoms with Crippen molar-refractivity contribution in [2.75, 3.05) is 17.2 Å². The first kappa shape index (κ1) is 21.7. The molecule has 0 aliphatic carbocycles. The number of carbonyl (C=O) groups is 1. The summed E-state index contributed by atoms with van der Waals surface area (Å²) >= 11 is 0. The number of aromatic nitrogens is 2. The van der Waals surface area contributed by atoms with Crippen molar-refractivity contribution >= 4 is 17.4 Å². The molecule has 0 unspecified atom stereocenters. The van der Waals surface area contributed by atoms with Gasteiger partial charge in [0.25, 0.3) is 5.91 Å². The molecule has 9 heteroatoms. The Balaban J connectivity index is 1.58. The van der Waals surface area contributed by atoms with Crippen LogP contribution in [0.3, 0.4) is 0 Å². The number of fused-ring (bicyclic) bond motifs is 1. The molecule has 0 saturated heterocycles. The van der Waals surface area contributed by atoms with Gasteiger partial charge in [-0.25, -0.2) is 4.68 Å². The fourth-order valence-electron chi connectivity index (χ4n) is 3.70. The van der Waals surface area contributed by atoms with Crippen LogP contribution in [0.1, 0.15) is 47.0 Å². The Hall–Kier alpha value is -3.49. The zero-order chi connectivity index (χ0) is 22.9. The Labute approximate surface area is 183 Å². The molecule has 1 amide bonds. The van der Waals surface area contributed by atoms with E-state index in [0.29, 0.717) is 18.0 Å². The topological polar surface area (TPSA) is 68.2 Å². The molecule has 1 aromatic heterocycles. The molecule has 2 aromatic carbocycles. The highest BCUT2D eigenvalue weighted by Crippen LogP contribution is 2.43. The summed E-state index contributed by atoms with van der Waals surface area (Å²) in [7, 11) is 0. The van der Waals surface area contributed by atoms with Gasteiger partial charge in [0.15, 0.2) is 11.7 Å². The van der Waals surface area contributed by atoms with Crippen LogP contribution in [0.15, 0.2) is 54.6 Å². The number of amides is 1. The number of nitrogens with one attached hydrogen (secondary N) is 2. The number of carbonyl (C=O) groups excluding carboxylic acids is 1. The number of hydrogen-bond acceptors (Lipinski definition) is 4. The summed E-state index contributed by atoms with van der Waals surface area (Å²) < 4.78 is 47.7. The number of anilines is 2. The summed E-state index contributed by atoms with van der Waals surface area (Å²) in [6.07, 6.45) is -4.73. The van der Waals surface area contributed by atoms with Gasteiger partial charge < -0.3 is 15.4 Å². The second-order valence-electron chi connectivity index (χ2n) is 7.67. The maximum atomic E-state index is 13.8. The lowest BCUT2D eigenvalue weighted by Crippen LogP contribution is -2.35. The molecule has 1 aliphatic heterocycles. The molecule has 0 fully saturated rings. The zero-order valence-electron chi connectivity index (χ0n) is 17.6. The van der Waals surface area contributed by atoms with E-state index >= 15 is 0 Å². The first-order valence-electron chi connectivity index (χ1n) is 10.3. The van der Waals surface area contributed by atoms with Crippen LogP contribution >= 0.6 is 0 Å². The number of rotatable bonds is 5. The number of nitrogens with zero attached hydrogens (tertiary/aromatic N) is 2. The Bertz CT molecular complexity index is 1090. The highest BCUT2D eigenvalue weighted by molar-refractivity contribution is 6.03. The third-order valence-electron chi connectivity index (χ3n) is 5.33. The van der Waals surface area contributed by atoms with Crippen LogP contribution < -0.4 is 15.4 Å². The largest absolute Gasteiger partial charge is 0.494 e. The minimum atomic E-state index is -4.51. The number of benzene rings is 2. The van der Waals surface area contributed by atoms with Gasteiger partial charge in [0.2, 0.25) is 0 Å². The normalized spacial score (nSPS) is 17.9. The van der Waals surface area contributed by atoms with Gasteiger partial charge in [0.05, 0.1) is 12.6 Å². The van der Waals surface area contributed by atoms with Crippen molar-refractivity contribution in [3.8, 4) is 5.75 Å². The minimum Gasteiger partial charge on any atom is -0.494 e. The third kappa shape index (κ3) is 4.56. The van der Waals surface area contributed by atoms with Gasteiger partial charge in [-0.2, -0.15) is 18.3 Å². The van der Waals surface area contributed by atoms with Gasteiger partial charge in [-0.15, -0.1) is 0 Å². The minimum absolute atomic E-state index is 0.0970. The summed E-state index contributed by atoms with van der Waals surface area (Å²) in [5.41, 5.74) is 2.16. The van der Waals surface area contributed by atoms with Crippen LogP contribution in [0.5, 0.6) is 5.75 Å². The SMILES string of the molecule is CCOc1ccc(NC(=O)c2cc3n(n2)[C@@H](C(F)(F)F)C[C@@H](c2ccc(C)cc2)N3)cc1. The number of hydrogen-bond donors (Lipinski definition) is 2. The van der Waals surface area contributed by atoms with Crippen LogP contribution in [0.4, 0.5) is 24.7 Å². The van der Waals surface area contributed by atoms with Gasteiger partial charge >= 0.3 is 6.18 Å². The first-order chi connectivity index (χ1) is 15.2. The molecule has 168 valence electrons. The highest BCUT2D eigenvalue weighted by atomic mass is 19.4. The van der Waals surface area contributed by atoms with Crippen molar-refractivity contribution < 1.29 is 22.7 Å². The zero-order valence-corrected chi connectivity index (χ0v) is 17.6. The van der Waals surface area contributed by atoms with Crippen molar-refractivity contribution in [2.24, 2.45) is 0 Å². The van der Waals surface area contributed by atoms with Gasteiger partial charge in [0.1, 0.15) is 11.6 Å². The third-order valence-corrected chi connectivity index (χ3v) is 5.33. The molecule has 1 aliphatic rings. The number of halogens is 3. The predicted molar refractivity (Wildman–Crippen MR) is 115 cm³/mol. The Morgan fingerprint density at radius 2 is 1.88 bits per heavy atom. The lowest BCUT2D eigenvalue weighted by molar-refractivity contribution is -0.173. The molecule has 32 heavy (non-hydrogen) atoms. The van der Waals surface area contributed by atoms with E-state index in [0.717, 1.165) is 15.8 Å². The van der Waals surface area contributed by atoms with Crippen molar-refractivity contribution in [1.82, 2.24) is 9.78 Å².